The Labute approximate surface area is 163 Å². The summed E-state index contributed by atoms with van der Waals surface area (Å²) in [6, 6.07) is 2.98. The van der Waals surface area contributed by atoms with Gasteiger partial charge in [0.2, 0.25) is 0 Å². The van der Waals surface area contributed by atoms with Crippen molar-refractivity contribution in [2.75, 3.05) is 4.31 Å². The molecule has 0 N–H and O–H groups in total. The second-order valence-electron chi connectivity index (χ2n) is 6.24. The van der Waals surface area contributed by atoms with E-state index in [4.69, 9.17) is 20.9 Å². The van der Waals surface area contributed by atoms with E-state index >= 15 is 0 Å². The zero-order chi connectivity index (χ0) is 19.9. The van der Waals surface area contributed by atoms with E-state index in [1.807, 2.05) is 0 Å². The monoisotopic (exact) mass is 468 g/mol. The molecule has 2 rings (SSSR count). The molecule has 26 heavy (non-hydrogen) atoms. The van der Waals surface area contributed by atoms with Gasteiger partial charge in [0, 0.05) is 10.5 Å². The lowest BCUT2D eigenvalue weighted by Crippen LogP contribution is -2.41. The molecule has 0 bridgehead atoms. The van der Waals surface area contributed by atoms with E-state index < -0.39 is 32.4 Å². The van der Waals surface area contributed by atoms with Gasteiger partial charge in [0.25, 0.3) is 10.0 Å². The van der Waals surface area contributed by atoms with Gasteiger partial charge in [-0.15, -0.1) is 4.31 Å². The minimum absolute atomic E-state index is 0.0505. The topological polar surface area (TPSA) is 89.7 Å². The maximum atomic E-state index is 14.3. The van der Waals surface area contributed by atoms with E-state index in [2.05, 4.69) is 21.1 Å². The highest BCUT2D eigenvalue weighted by Gasteiger charge is 2.38. The number of halogens is 3. The SMILES string of the molecule is Cc1cc(N(C(=O)OC(C)(C)C)S(=O)(=O)c2cc(Cl)c(Br)cc2F)no1. The predicted octanol–water partition coefficient (Wildman–Crippen LogP) is 4.67. The van der Waals surface area contributed by atoms with Crippen molar-refractivity contribution in [3.8, 4) is 0 Å². The summed E-state index contributed by atoms with van der Waals surface area (Å²) in [6.45, 7) is 6.18. The molecular formula is C15H15BrClFN2O5S. The van der Waals surface area contributed by atoms with Crippen molar-refractivity contribution >= 4 is 49.5 Å². The predicted molar refractivity (Wildman–Crippen MR) is 96.2 cm³/mol. The summed E-state index contributed by atoms with van der Waals surface area (Å²) in [5.41, 5.74) is -1.00. The summed E-state index contributed by atoms with van der Waals surface area (Å²) in [6.07, 6.45) is -1.26. The van der Waals surface area contributed by atoms with Crippen molar-refractivity contribution in [2.45, 2.75) is 38.2 Å². The molecule has 11 heteroatoms. The average molecular weight is 470 g/mol. The van der Waals surface area contributed by atoms with Gasteiger partial charge in [-0.25, -0.2) is 17.6 Å². The van der Waals surface area contributed by atoms with Gasteiger partial charge in [-0.3, -0.25) is 0 Å². The molecule has 0 spiro atoms. The van der Waals surface area contributed by atoms with Gasteiger partial charge in [0.1, 0.15) is 22.1 Å². The van der Waals surface area contributed by atoms with E-state index in [0.29, 0.717) is 0 Å². The molecule has 1 aromatic carbocycles. The Morgan fingerprint density at radius 3 is 2.46 bits per heavy atom. The molecule has 0 unspecified atom stereocenters. The van der Waals surface area contributed by atoms with Gasteiger partial charge in [-0.05, 0) is 55.8 Å². The van der Waals surface area contributed by atoms with Crippen molar-refractivity contribution in [2.24, 2.45) is 0 Å². The first-order valence-corrected chi connectivity index (χ1v) is 9.80. The highest BCUT2D eigenvalue weighted by Crippen LogP contribution is 2.32. The fourth-order valence-electron chi connectivity index (χ4n) is 1.87. The first kappa shape index (κ1) is 20.7. The number of carbonyl (C=O) groups is 1. The highest BCUT2D eigenvalue weighted by molar-refractivity contribution is 9.10. The lowest BCUT2D eigenvalue weighted by atomic mass is 10.2. The van der Waals surface area contributed by atoms with Crippen LogP contribution in [0.3, 0.4) is 0 Å². The van der Waals surface area contributed by atoms with Gasteiger partial charge in [-0.2, -0.15) is 0 Å². The zero-order valence-corrected chi connectivity index (χ0v) is 17.4. The third-order valence-electron chi connectivity index (χ3n) is 2.88. The number of ether oxygens (including phenoxy) is 1. The molecule has 142 valence electrons. The van der Waals surface area contributed by atoms with Crippen LogP contribution in [0.1, 0.15) is 26.5 Å². The van der Waals surface area contributed by atoms with Gasteiger partial charge >= 0.3 is 6.09 Å². The van der Waals surface area contributed by atoms with Crippen LogP contribution in [0.2, 0.25) is 5.02 Å². The molecule has 1 heterocycles. The molecule has 0 fully saturated rings. The zero-order valence-electron chi connectivity index (χ0n) is 14.2. The Balaban J connectivity index is 2.64. The third-order valence-corrected chi connectivity index (χ3v) is 5.76. The molecule has 2 aromatic rings. The molecule has 1 amide bonds. The standard InChI is InChI=1S/C15H15BrClFN2O5S/c1-8-5-13(19-25-8)20(14(21)24-15(2,3)4)26(22,23)12-7-10(17)9(16)6-11(12)18/h5-7H,1-4H3. The van der Waals surface area contributed by atoms with Crippen molar-refractivity contribution in [1.82, 2.24) is 5.16 Å². The van der Waals surface area contributed by atoms with Crippen LogP contribution in [0, 0.1) is 12.7 Å². The normalized spacial score (nSPS) is 12.1. The average Bonchev–Trinajstić information content (AvgIpc) is 2.86. The number of aryl methyl sites for hydroxylation is 1. The van der Waals surface area contributed by atoms with E-state index in [1.165, 1.54) is 13.0 Å². The fourth-order valence-corrected chi connectivity index (χ4v) is 3.75. The first-order valence-electron chi connectivity index (χ1n) is 7.19. The molecule has 0 aliphatic heterocycles. The summed E-state index contributed by atoms with van der Waals surface area (Å²) < 4.78 is 50.6. The van der Waals surface area contributed by atoms with Crippen LogP contribution in [0.15, 0.2) is 32.1 Å². The summed E-state index contributed by atoms with van der Waals surface area (Å²) in [4.78, 5) is 11.7. The van der Waals surface area contributed by atoms with Gasteiger partial charge in [-0.1, -0.05) is 16.8 Å². The smallest absolute Gasteiger partial charge is 0.430 e. The number of benzene rings is 1. The van der Waals surface area contributed by atoms with Gasteiger partial charge < -0.3 is 9.26 Å². The number of sulfonamides is 1. The Bertz CT molecular complexity index is 955. The molecule has 0 aliphatic carbocycles. The van der Waals surface area contributed by atoms with Gasteiger partial charge in [0.15, 0.2) is 5.82 Å². The largest absolute Gasteiger partial charge is 0.443 e. The number of amides is 1. The van der Waals surface area contributed by atoms with Crippen molar-refractivity contribution in [3.05, 3.63) is 39.3 Å². The molecule has 1 aromatic heterocycles. The number of rotatable bonds is 3. The molecule has 7 nitrogen and oxygen atoms in total. The van der Waals surface area contributed by atoms with Gasteiger partial charge in [0.05, 0.1) is 5.02 Å². The van der Waals surface area contributed by atoms with E-state index in [1.54, 1.807) is 20.8 Å². The lowest BCUT2D eigenvalue weighted by molar-refractivity contribution is 0.0607. The second kappa shape index (κ2) is 7.16. The second-order valence-corrected chi connectivity index (χ2v) is 9.26. The minimum Gasteiger partial charge on any atom is -0.443 e. The van der Waals surface area contributed by atoms with Crippen LogP contribution in [-0.2, 0) is 14.8 Å². The number of hydrogen-bond donors (Lipinski definition) is 0. The van der Waals surface area contributed by atoms with Crippen LogP contribution in [0.5, 0.6) is 0 Å². The van der Waals surface area contributed by atoms with Crippen molar-refractivity contribution in [1.29, 1.82) is 0 Å². The van der Waals surface area contributed by atoms with Crippen molar-refractivity contribution in [3.63, 3.8) is 0 Å². The van der Waals surface area contributed by atoms with Crippen LogP contribution in [0.4, 0.5) is 15.0 Å². The molecule has 0 saturated carbocycles. The molecule has 0 atom stereocenters. The Morgan fingerprint density at radius 2 is 1.96 bits per heavy atom. The third kappa shape index (κ3) is 4.36. The maximum Gasteiger partial charge on any atom is 0.430 e. The minimum atomic E-state index is -4.73. The highest BCUT2D eigenvalue weighted by atomic mass is 79.9. The Morgan fingerprint density at radius 1 is 1.35 bits per heavy atom. The Hall–Kier alpha value is -1.65. The summed E-state index contributed by atoms with van der Waals surface area (Å²) in [7, 11) is -4.73. The van der Waals surface area contributed by atoms with Crippen molar-refractivity contribution < 1.29 is 26.9 Å². The summed E-state index contributed by atoms with van der Waals surface area (Å²) in [5, 5.41) is 3.48. The van der Waals surface area contributed by atoms with Crippen LogP contribution in [-0.4, -0.2) is 25.3 Å². The van der Waals surface area contributed by atoms with Crippen LogP contribution < -0.4 is 4.31 Å². The van der Waals surface area contributed by atoms with E-state index in [0.717, 1.165) is 12.1 Å². The molecule has 0 radical (unpaired) electrons. The number of aromatic nitrogens is 1. The maximum absolute atomic E-state index is 14.3. The Kier molecular flexibility index (Phi) is 5.69. The number of nitrogens with zero attached hydrogens (tertiary/aromatic N) is 2. The quantitative estimate of drug-likeness (QED) is 0.607. The number of carbonyl (C=O) groups excluding carboxylic acids is 1. The number of hydrogen-bond acceptors (Lipinski definition) is 6. The van der Waals surface area contributed by atoms with E-state index in [-0.39, 0.29) is 25.4 Å². The number of anilines is 1. The van der Waals surface area contributed by atoms with Crippen LogP contribution in [0.25, 0.3) is 0 Å². The summed E-state index contributed by atoms with van der Waals surface area (Å²) in [5.74, 6) is -1.22. The molecular weight excluding hydrogens is 455 g/mol. The van der Waals surface area contributed by atoms with E-state index in [9.17, 15) is 17.6 Å². The lowest BCUT2D eigenvalue weighted by Gasteiger charge is -2.25. The fraction of sp³-hybridized carbons (Fsp3) is 0.333. The molecule has 0 saturated heterocycles. The first-order chi connectivity index (χ1) is 11.8. The summed E-state index contributed by atoms with van der Waals surface area (Å²) >= 11 is 8.89. The molecule has 0 aliphatic rings. The van der Waals surface area contributed by atoms with Crippen LogP contribution >= 0.6 is 27.5 Å².